The zero-order valence-corrected chi connectivity index (χ0v) is 12.3. The summed E-state index contributed by atoms with van der Waals surface area (Å²) in [7, 11) is 0. The first-order valence-electron chi connectivity index (χ1n) is 6.37. The Balaban J connectivity index is 2.15. The number of fused-ring (bicyclic) bond motifs is 1. The number of aryl methyl sites for hydroxylation is 1. The SMILES string of the molecule is CCOC(=O)CC1CCc2cc(O)c(Br)c(F)c2C1. The minimum Gasteiger partial charge on any atom is -0.507 e. The number of carbonyl (C=O) groups excluding carboxylic acids is 1. The van der Waals surface area contributed by atoms with E-state index in [1.54, 1.807) is 13.0 Å². The first-order chi connectivity index (χ1) is 9.02. The van der Waals surface area contributed by atoms with E-state index in [9.17, 15) is 14.3 Å². The molecule has 0 fully saturated rings. The summed E-state index contributed by atoms with van der Waals surface area (Å²) in [6.45, 7) is 2.14. The van der Waals surface area contributed by atoms with Crippen LogP contribution in [0.25, 0.3) is 0 Å². The van der Waals surface area contributed by atoms with Crippen LogP contribution in [0.3, 0.4) is 0 Å². The molecule has 0 amide bonds. The summed E-state index contributed by atoms with van der Waals surface area (Å²) in [5.74, 6) is -0.602. The number of phenols is 1. The molecule has 0 aliphatic heterocycles. The summed E-state index contributed by atoms with van der Waals surface area (Å²) in [5, 5.41) is 9.58. The van der Waals surface area contributed by atoms with Gasteiger partial charge in [-0.2, -0.15) is 0 Å². The number of hydrogen-bond donors (Lipinski definition) is 1. The number of halogens is 2. The molecule has 1 unspecified atom stereocenters. The molecule has 0 heterocycles. The minimum atomic E-state index is -0.413. The second-order valence-corrected chi connectivity index (χ2v) is 5.57. The fourth-order valence-corrected chi connectivity index (χ4v) is 2.88. The van der Waals surface area contributed by atoms with Crippen LogP contribution >= 0.6 is 15.9 Å². The van der Waals surface area contributed by atoms with Crippen molar-refractivity contribution in [1.29, 1.82) is 0 Å². The van der Waals surface area contributed by atoms with Crippen molar-refractivity contribution in [2.24, 2.45) is 5.92 Å². The van der Waals surface area contributed by atoms with Crippen LogP contribution in [0.4, 0.5) is 4.39 Å². The molecule has 0 aromatic heterocycles. The van der Waals surface area contributed by atoms with Gasteiger partial charge in [0.05, 0.1) is 11.1 Å². The third kappa shape index (κ3) is 3.08. The Morgan fingerprint density at radius 2 is 2.37 bits per heavy atom. The predicted molar refractivity (Wildman–Crippen MR) is 72.5 cm³/mol. The van der Waals surface area contributed by atoms with Crippen LogP contribution in [0.15, 0.2) is 10.5 Å². The molecular weight excluding hydrogens is 315 g/mol. The number of rotatable bonds is 3. The van der Waals surface area contributed by atoms with E-state index in [1.165, 1.54) is 0 Å². The van der Waals surface area contributed by atoms with Gasteiger partial charge in [0.1, 0.15) is 11.6 Å². The fraction of sp³-hybridized carbons (Fsp3) is 0.500. The highest BCUT2D eigenvalue weighted by atomic mass is 79.9. The zero-order valence-electron chi connectivity index (χ0n) is 10.7. The first kappa shape index (κ1) is 14.3. The lowest BCUT2D eigenvalue weighted by Gasteiger charge is -2.25. The van der Waals surface area contributed by atoms with E-state index in [0.29, 0.717) is 31.4 Å². The van der Waals surface area contributed by atoms with Crippen molar-refractivity contribution in [3.63, 3.8) is 0 Å². The van der Waals surface area contributed by atoms with Crippen LogP contribution in [-0.2, 0) is 22.4 Å². The van der Waals surface area contributed by atoms with Crippen LogP contribution in [0.2, 0.25) is 0 Å². The lowest BCUT2D eigenvalue weighted by molar-refractivity contribution is -0.144. The molecule has 1 aliphatic carbocycles. The molecule has 1 aromatic rings. The van der Waals surface area contributed by atoms with Crippen LogP contribution in [0.1, 0.15) is 30.9 Å². The number of aromatic hydroxyl groups is 1. The van der Waals surface area contributed by atoms with Gasteiger partial charge in [-0.05, 0) is 65.2 Å². The maximum absolute atomic E-state index is 14.1. The van der Waals surface area contributed by atoms with Crippen LogP contribution in [0, 0.1) is 11.7 Å². The Morgan fingerprint density at radius 3 is 3.05 bits per heavy atom. The molecule has 2 rings (SSSR count). The van der Waals surface area contributed by atoms with E-state index in [1.807, 2.05) is 0 Å². The Labute approximate surface area is 119 Å². The van der Waals surface area contributed by atoms with Crippen molar-refractivity contribution >= 4 is 21.9 Å². The standard InChI is InChI=1S/C14H16BrFO3/c1-2-19-12(18)6-8-3-4-9-7-11(17)13(15)14(16)10(9)5-8/h7-8,17H,2-6H2,1H3. The van der Waals surface area contributed by atoms with Gasteiger partial charge in [0.25, 0.3) is 0 Å². The second kappa shape index (κ2) is 5.90. The largest absolute Gasteiger partial charge is 0.507 e. The van der Waals surface area contributed by atoms with Crippen molar-refractivity contribution in [2.75, 3.05) is 6.61 Å². The van der Waals surface area contributed by atoms with Crippen molar-refractivity contribution in [2.45, 2.75) is 32.6 Å². The molecule has 0 bridgehead atoms. The molecule has 0 saturated heterocycles. The van der Waals surface area contributed by atoms with E-state index >= 15 is 0 Å². The maximum atomic E-state index is 14.1. The van der Waals surface area contributed by atoms with Crippen LogP contribution in [-0.4, -0.2) is 17.7 Å². The van der Waals surface area contributed by atoms with Gasteiger partial charge >= 0.3 is 5.97 Å². The van der Waals surface area contributed by atoms with Gasteiger partial charge in [0.15, 0.2) is 0 Å². The Hall–Kier alpha value is -1.10. The minimum absolute atomic E-state index is 0.0694. The Kier molecular flexibility index (Phi) is 4.45. The van der Waals surface area contributed by atoms with E-state index < -0.39 is 5.82 Å². The van der Waals surface area contributed by atoms with E-state index in [4.69, 9.17) is 4.74 Å². The summed E-state index contributed by atoms with van der Waals surface area (Å²) in [6.07, 6.45) is 2.33. The first-order valence-corrected chi connectivity index (χ1v) is 7.16. The summed E-state index contributed by atoms with van der Waals surface area (Å²) in [5.41, 5.74) is 1.43. The van der Waals surface area contributed by atoms with Crippen molar-refractivity contribution in [1.82, 2.24) is 0 Å². The number of phenolic OH excluding ortho intramolecular Hbond substituents is 1. The second-order valence-electron chi connectivity index (χ2n) is 4.78. The van der Waals surface area contributed by atoms with Gasteiger partial charge < -0.3 is 9.84 Å². The number of ether oxygens (including phenoxy) is 1. The van der Waals surface area contributed by atoms with E-state index in [0.717, 1.165) is 12.0 Å². The lowest BCUT2D eigenvalue weighted by atomic mass is 9.82. The summed E-state index contributed by atoms with van der Waals surface area (Å²) < 4.78 is 19.1. The monoisotopic (exact) mass is 330 g/mol. The molecule has 1 aliphatic rings. The number of carbonyl (C=O) groups is 1. The molecule has 0 saturated carbocycles. The average Bonchev–Trinajstić information content (AvgIpc) is 2.37. The summed E-state index contributed by atoms with van der Waals surface area (Å²) >= 11 is 3.04. The maximum Gasteiger partial charge on any atom is 0.306 e. The van der Waals surface area contributed by atoms with Gasteiger partial charge in [0.2, 0.25) is 0 Å². The Bertz CT molecular complexity index is 502. The van der Waals surface area contributed by atoms with Gasteiger partial charge in [0, 0.05) is 6.42 Å². The van der Waals surface area contributed by atoms with Gasteiger partial charge in [-0.1, -0.05) is 0 Å². The fourth-order valence-electron chi connectivity index (χ4n) is 2.53. The lowest BCUT2D eigenvalue weighted by Crippen LogP contribution is -2.20. The average molecular weight is 331 g/mol. The molecule has 19 heavy (non-hydrogen) atoms. The molecule has 0 radical (unpaired) electrons. The summed E-state index contributed by atoms with van der Waals surface area (Å²) in [6, 6.07) is 1.60. The van der Waals surface area contributed by atoms with E-state index in [-0.39, 0.29) is 22.1 Å². The third-order valence-electron chi connectivity index (χ3n) is 3.46. The van der Waals surface area contributed by atoms with E-state index in [2.05, 4.69) is 15.9 Å². The highest BCUT2D eigenvalue weighted by Crippen LogP contribution is 2.37. The van der Waals surface area contributed by atoms with Crippen molar-refractivity contribution in [3.8, 4) is 5.75 Å². The Morgan fingerprint density at radius 1 is 1.63 bits per heavy atom. The van der Waals surface area contributed by atoms with Crippen LogP contribution < -0.4 is 0 Å². The summed E-state index contributed by atoms with van der Waals surface area (Å²) in [4.78, 5) is 11.5. The smallest absolute Gasteiger partial charge is 0.306 e. The quantitative estimate of drug-likeness (QED) is 0.864. The molecule has 0 spiro atoms. The van der Waals surface area contributed by atoms with Crippen molar-refractivity contribution in [3.05, 3.63) is 27.5 Å². The van der Waals surface area contributed by atoms with Gasteiger partial charge in [-0.25, -0.2) is 4.39 Å². The van der Waals surface area contributed by atoms with Gasteiger partial charge in [-0.15, -0.1) is 0 Å². The normalized spacial score (nSPS) is 17.9. The number of hydrogen-bond acceptors (Lipinski definition) is 3. The zero-order chi connectivity index (χ0) is 14.0. The predicted octanol–water partition coefficient (Wildman–Crippen LogP) is 3.35. The molecular formula is C14H16BrFO3. The van der Waals surface area contributed by atoms with Gasteiger partial charge in [-0.3, -0.25) is 4.79 Å². The highest BCUT2D eigenvalue weighted by Gasteiger charge is 2.26. The molecule has 1 aromatic carbocycles. The molecule has 1 N–H and O–H groups in total. The molecule has 1 atom stereocenters. The number of benzene rings is 1. The van der Waals surface area contributed by atoms with Crippen molar-refractivity contribution < 1.29 is 19.0 Å². The third-order valence-corrected chi connectivity index (χ3v) is 4.21. The highest BCUT2D eigenvalue weighted by molar-refractivity contribution is 9.10. The number of esters is 1. The van der Waals surface area contributed by atoms with Crippen LogP contribution in [0.5, 0.6) is 5.75 Å². The topological polar surface area (TPSA) is 46.5 Å². The molecule has 104 valence electrons. The molecule has 5 heteroatoms. The molecule has 3 nitrogen and oxygen atoms in total.